The van der Waals surface area contributed by atoms with E-state index in [0.717, 1.165) is 32.4 Å². The second-order valence-corrected chi connectivity index (χ2v) is 5.40. The van der Waals surface area contributed by atoms with Crippen LogP contribution in [-0.2, 0) is 6.54 Å². The van der Waals surface area contributed by atoms with Crippen LogP contribution < -0.4 is 11.1 Å². The van der Waals surface area contributed by atoms with E-state index in [9.17, 15) is 0 Å². The third-order valence-electron chi connectivity index (χ3n) is 2.78. The highest BCUT2D eigenvalue weighted by molar-refractivity contribution is 7.22. The standard InChI is InChI=1S/C14H14N4S/c1-9-3-2-4-11(17-9)8-16-14-18-12-6-5-10(15)7-13(12)19-14/h2-7H,8,15H2,1H3,(H,16,18). The molecular weight excluding hydrogens is 256 g/mol. The van der Waals surface area contributed by atoms with E-state index in [1.54, 1.807) is 11.3 Å². The summed E-state index contributed by atoms with van der Waals surface area (Å²) >= 11 is 1.60. The molecule has 19 heavy (non-hydrogen) atoms. The molecule has 0 aliphatic heterocycles. The summed E-state index contributed by atoms with van der Waals surface area (Å²) in [5, 5.41) is 4.19. The van der Waals surface area contributed by atoms with Crippen molar-refractivity contribution in [1.29, 1.82) is 0 Å². The Bertz CT molecular complexity index is 720. The summed E-state index contributed by atoms with van der Waals surface area (Å²) in [6.07, 6.45) is 0. The largest absolute Gasteiger partial charge is 0.399 e. The molecule has 0 atom stereocenters. The van der Waals surface area contributed by atoms with Gasteiger partial charge in [0.25, 0.3) is 0 Å². The molecule has 0 aliphatic rings. The molecule has 0 aliphatic carbocycles. The van der Waals surface area contributed by atoms with Crippen molar-refractivity contribution in [2.45, 2.75) is 13.5 Å². The Morgan fingerprint density at radius 2 is 2.11 bits per heavy atom. The summed E-state index contributed by atoms with van der Waals surface area (Å²) in [6.45, 7) is 2.67. The number of nitrogen functional groups attached to an aromatic ring is 1. The molecule has 3 rings (SSSR count). The molecule has 4 nitrogen and oxygen atoms in total. The fourth-order valence-corrected chi connectivity index (χ4v) is 2.79. The van der Waals surface area contributed by atoms with Gasteiger partial charge in [0, 0.05) is 11.4 Å². The van der Waals surface area contributed by atoms with Gasteiger partial charge in [-0.15, -0.1) is 0 Å². The number of aromatic nitrogens is 2. The Hall–Kier alpha value is -2.14. The first-order valence-electron chi connectivity index (χ1n) is 6.03. The molecular formula is C14H14N4S. The molecule has 0 radical (unpaired) electrons. The number of hydrogen-bond donors (Lipinski definition) is 2. The lowest BCUT2D eigenvalue weighted by Gasteiger charge is -2.02. The number of rotatable bonds is 3. The number of fused-ring (bicyclic) bond motifs is 1. The quantitative estimate of drug-likeness (QED) is 0.717. The van der Waals surface area contributed by atoms with E-state index in [4.69, 9.17) is 5.73 Å². The zero-order valence-corrected chi connectivity index (χ0v) is 11.4. The number of thiazole rings is 1. The summed E-state index contributed by atoms with van der Waals surface area (Å²) < 4.78 is 1.10. The first-order chi connectivity index (χ1) is 9.20. The van der Waals surface area contributed by atoms with Gasteiger partial charge < -0.3 is 11.1 Å². The molecule has 0 saturated carbocycles. The molecule has 5 heteroatoms. The second-order valence-electron chi connectivity index (χ2n) is 4.37. The van der Waals surface area contributed by atoms with Gasteiger partial charge in [0.1, 0.15) is 0 Å². The van der Waals surface area contributed by atoms with Crippen LogP contribution in [0.5, 0.6) is 0 Å². The van der Waals surface area contributed by atoms with Gasteiger partial charge in [-0.25, -0.2) is 4.98 Å². The molecule has 2 heterocycles. The lowest BCUT2D eigenvalue weighted by Crippen LogP contribution is -2.01. The van der Waals surface area contributed by atoms with Gasteiger partial charge >= 0.3 is 0 Å². The van der Waals surface area contributed by atoms with E-state index in [2.05, 4.69) is 15.3 Å². The summed E-state index contributed by atoms with van der Waals surface area (Å²) in [7, 11) is 0. The number of aryl methyl sites for hydroxylation is 1. The highest BCUT2D eigenvalue weighted by Gasteiger charge is 2.04. The van der Waals surface area contributed by atoms with E-state index in [0.29, 0.717) is 6.54 Å². The molecule has 0 unspecified atom stereocenters. The summed E-state index contributed by atoms with van der Waals surface area (Å²) in [6, 6.07) is 11.8. The lowest BCUT2D eigenvalue weighted by molar-refractivity contribution is 1.01. The maximum Gasteiger partial charge on any atom is 0.184 e. The molecule has 0 saturated heterocycles. The third-order valence-corrected chi connectivity index (χ3v) is 3.76. The SMILES string of the molecule is Cc1cccc(CNc2nc3ccc(N)cc3s2)n1. The highest BCUT2D eigenvalue weighted by Crippen LogP contribution is 2.27. The molecule has 3 N–H and O–H groups in total. The third kappa shape index (κ3) is 2.66. The molecule has 0 fully saturated rings. The fourth-order valence-electron chi connectivity index (χ4n) is 1.88. The van der Waals surface area contributed by atoms with Crippen molar-refractivity contribution in [2.24, 2.45) is 0 Å². The molecule has 3 aromatic rings. The van der Waals surface area contributed by atoms with Crippen molar-refractivity contribution in [3.05, 3.63) is 47.8 Å². The van der Waals surface area contributed by atoms with Crippen LogP contribution in [0.3, 0.4) is 0 Å². The van der Waals surface area contributed by atoms with Gasteiger partial charge in [-0.1, -0.05) is 17.4 Å². The van der Waals surface area contributed by atoms with Crippen molar-refractivity contribution < 1.29 is 0 Å². The van der Waals surface area contributed by atoms with Crippen LogP contribution in [0, 0.1) is 6.92 Å². The number of nitrogens with zero attached hydrogens (tertiary/aromatic N) is 2. The predicted octanol–water partition coefficient (Wildman–Crippen LogP) is 3.19. The highest BCUT2D eigenvalue weighted by atomic mass is 32.1. The monoisotopic (exact) mass is 270 g/mol. The fraction of sp³-hybridized carbons (Fsp3) is 0.143. The minimum absolute atomic E-state index is 0.678. The summed E-state index contributed by atoms with van der Waals surface area (Å²) in [4.78, 5) is 8.97. The molecule has 0 spiro atoms. The van der Waals surface area contributed by atoms with Gasteiger partial charge in [-0.2, -0.15) is 0 Å². The minimum atomic E-state index is 0.678. The van der Waals surface area contributed by atoms with Crippen molar-refractivity contribution in [1.82, 2.24) is 9.97 Å². The Balaban J connectivity index is 1.78. The minimum Gasteiger partial charge on any atom is -0.399 e. The molecule has 0 bridgehead atoms. The summed E-state index contributed by atoms with van der Waals surface area (Å²) in [5.74, 6) is 0. The Labute approximate surface area is 115 Å². The average molecular weight is 270 g/mol. The normalized spacial score (nSPS) is 10.8. The van der Waals surface area contributed by atoms with E-state index < -0.39 is 0 Å². The van der Waals surface area contributed by atoms with Crippen LogP contribution in [0.1, 0.15) is 11.4 Å². The molecule has 2 aromatic heterocycles. The van der Waals surface area contributed by atoms with E-state index in [1.807, 2.05) is 43.3 Å². The first kappa shape index (κ1) is 11.9. The zero-order valence-electron chi connectivity index (χ0n) is 10.6. The van der Waals surface area contributed by atoms with Crippen LogP contribution in [0.25, 0.3) is 10.2 Å². The Morgan fingerprint density at radius 3 is 2.95 bits per heavy atom. The maximum atomic E-state index is 5.76. The van der Waals surface area contributed by atoms with Gasteiger partial charge in [0.2, 0.25) is 0 Å². The Morgan fingerprint density at radius 1 is 1.21 bits per heavy atom. The molecule has 0 amide bonds. The van der Waals surface area contributed by atoms with Crippen molar-refractivity contribution >= 4 is 32.4 Å². The van der Waals surface area contributed by atoms with E-state index >= 15 is 0 Å². The number of nitrogens with one attached hydrogen (secondary N) is 1. The average Bonchev–Trinajstić information content (AvgIpc) is 2.78. The van der Waals surface area contributed by atoms with E-state index in [1.165, 1.54) is 0 Å². The number of hydrogen-bond acceptors (Lipinski definition) is 5. The van der Waals surface area contributed by atoms with Crippen molar-refractivity contribution in [2.75, 3.05) is 11.1 Å². The van der Waals surface area contributed by atoms with Crippen LogP contribution >= 0.6 is 11.3 Å². The van der Waals surface area contributed by atoms with Crippen molar-refractivity contribution in [3.8, 4) is 0 Å². The predicted molar refractivity (Wildman–Crippen MR) is 80.3 cm³/mol. The van der Waals surface area contributed by atoms with Crippen molar-refractivity contribution in [3.63, 3.8) is 0 Å². The number of benzene rings is 1. The lowest BCUT2D eigenvalue weighted by atomic mass is 10.3. The maximum absolute atomic E-state index is 5.76. The second kappa shape index (κ2) is 4.85. The van der Waals surface area contributed by atoms with Gasteiger partial charge in [0.05, 0.1) is 22.5 Å². The number of nitrogens with two attached hydrogens (primary N) is 1. The van der Waals surface area contributed by atoms with E-state index in [-0.39, 0.29) is 0 Å². The Kier molecular flexibility index (Phi) is 3.05. The zero-order chi connectivity index (χ0) is 13.2. The number of anilines is 2. The first-order valence-corrected chi connectivity index (χ1v) is 6.85. The topological polar surface area (TPSA) is 63.8 Å². The van der Waals surface area contributed by atoms with Gasteiger partial charge in [-0.05, 0) is 37.3 Å². The summed E-state index contributed by atoms with van der Waals surface area (Å²) in [5.41, 5.74) is 9.54. The molecule has 1 aromatic carbocycles. The smallest absolute Gasteiger partial charge is 0.184 e. The van der Waals surface area contributed by atoms with Crippen LogP contribution in [0.15, 0.2) is 36.4 Å². The van der Waals surface area contributed by atoms with Crippen LogP contribution in [-0.4, -0.2) is 9.97 Å². The van der Waals surface area contributed by atoms with Crippen LogP contribution in [0.4, 0.5) is 10.8 Å². The number of pyridine rings is 1. The van der Waals surface area contributed by atoms with Gasteiger partial charge in [0.15, 0.2) is 5.13 Å². The molecule has 96 valence electrons. The van der Waals surface area contributed by atoms with Crippen LogP contribution in [0.2, 0.25) is 0 Å². The van der Waals surface area contributed by atoms with Gasteiger partial charge in [-0.3, -0.25) is 4.98 Å².